The minimum absolute atomic E-state index is 0.0629. The number of carbonyl (C=O) groups excluding carboxylic acids is 1. The summed E-state index contributed by atoms with van der Waals surface area (Å²) in [5.41, 5.74) is 1.47. The van der Waals surface area contributed by atoms with E-state index in [1.165, 1.54) is 12.0 Å². The van der Waals surface area contributed by atoms with Crippen LogP contribution in [0.25, 0.3) is 0 Å². The van der Waals surface area contributed by atoms with Crippen molar-refractivity contribution in [2.24, 2.45) is 0 Å². The van der Waals surface area contributed by atoms with Gasteiger partial charge in [-0.25, -0.2) is 0 Å². The van der Waals surface area contributed by atoms with Gasteiger partial charge in [-0.2, -0.15) is 0 Å². The first-order chi connectivity index (χ1) is 13.0. The number of hydrogen-bond acceptors (Lipinski definition) is 6. The van der Waals surface area contributed by atoms with E-state index in [-0.39, 0.29) is 11.9 Å². The zero-order chi connectivity index (χ0) is 19.2. The smallest absolute Gasteiger partial charge is 0.322 e. The number of benzene rings is 2. The Morgan fingerprint density at radius 3 is 2.59 bits per heavy atom. The summed E-state index contributed by atoms with van der Waals surface area (Å²) >= 11 is 1.82. The van der Waals surface area contributed by atoms with Crippen LogP contribution in [0.2, 0.25) is 0 Å². The average Bonchev–Trinajstić information content (AvgIpc) is 3.09. The van der Waals surface area contributed by atoms with Gasteiger partial charge < -0.3 is 9.15 Å². The quantitative estimate of drug-likeness (QED) is 0.609. The fourth-order valence-corrected chi connectivity index (χ4v) is 3.34. The Hall–Kier alpha value is -2.80. The molecule has 27 heavy (non-hydrogen) atoms. The number of anilines is 1. The molecule has 2 aromatic carbocycles. The molecule has 0 unspecified atom stereocenters. The zero-order valence-electron chi connectivity index (χ0n) is 15.4. The second kappa shape index (κ2) is 8.73. The van der Waals surface area contributed by atoms with Crippen molar-refractivity contribution in [2.45, 2.75) is 30.4 Å². The van der Waals surface area contributed by atoms with E-state index in [1.807, 2.05) is 23.9 Å². The molecule has 1 heterocycles. The van der Waals surface area contributed by atoms with E-state index in [9.17, 15) is 4.79 Å². The minimum Gasteiger partial charge on any atom is -0.496 e. The summed E-state index contributed by atoms with van der Waals surface area (Å²) in [6.07, 6.45) is 0.504. The molecule has 0 atom stereocenters. The molecule has 0 radical (unpaired) electrons. The summed E-state index contributed by atoms with van der Waals surface area (Å²) in [6.45, 7) is 4.33. The molecule has 7 heteroatoms. The van der Waals surface area contributed by atoms with E-state index in [1.54, 1.807) is 24.3 Å². The van der Waals surface area contributed by atoms with E-state index in [2.05, 4.69) is 41.5 Å². The van der Waals surface area contributed by atoms with Crippen LogP contribution in [0.5, 0.6) is 5.75 Å². The standard InChI is InChI=1S/C20H21N3O3S/c1-13(2)27-15-10-8-14(9-11-15)12-18-22-23-20(26-18)21-19(24)16-6-4-5-7-17(16)25-3/h4-11,13H,12H2,1-3H3,(H,21,23,24). The maximum Gasteiger partial charge on any atom is 0.322 e. The molecule has 0 spiro atoms. The number of para-hydroxylation sites is 1. The predicted octanol–water partition coefficient (Wildman–Crippen LogP) is 4.42. The third kappa shape index (κ3) is 5.10. The molecular formula is C20H21N3O3S. The summed E-state index contributed by atoms with van der Waals surface area (Å²) in [6, 6.07) is 15.3. The van der Waals surface area contributed by atoms with Gasteiger partial charge in [0.15, 0.2) is 0 Å². The summed E-state index contributed by atoms with van der Waals surface area (Å²) in [5, 5.41) is 11.1. The molecule has 0 saturated heterocycles. The Balaban J connectivity index is 1.64. The molecule has 0 fully saturated rings. The number of methoxy groups -OCH3 is 1. The van der Waals surface area contributed by atoms with Crippen LogP contribution in [-0.4, -0.2) is 28.5 Å². The Morgan fingerprint density at radius 1 is 1.15 bits per heavy atom. The van der Waals surface area contributed by atoms with Crippen molar-refractivity contribution < 1.29 is 13.9 Å². The summed E-state index contributed by atoms with van der Waals surface area (Å²) in [5.74, 6) is 0.557. The van der Waals surface area contributed by atoms with Gasteiger partial charge in [0.1, 0.15) is 5.75 Å². The Kier molecular flexibility index (Phi) is 6.13. The largest absolute Gasteiger partial charge is 0.496 e. The fraction of sp³-hybridized carbons (Fsp3) is 0.250. The van der Waals surface area contributed by atoms with Crippen molar-refractivity contribution >= 4 is 23.7 Å². The second-order valence-electron chi connectivity index (χ2n) is 6.14. The van der Waals surface area contributed by atoms with Crippen LogP contribution in [0.1, 0.15) is 35.7 Å². The summed E-state index contributed by atoms with van der Waals surface area (Å²) < 4.78 is 10.7. The Labute approximate surface area is 162 Å². The SMILES string of the molecule is COc1ccccc1C(=O)Nc1nnc(Cc2ccc(SC(C)C)cc2)o1. The lowest BCUT2D eigenvalue weighted by Crippen LogP contribution is -2.13. The fourth-order valence-electron chi connectivity index (χ4n) is 2.50. The summed E-state index contributed by atoms with van der Waals surface area (Å²) in [7, 11) is 1.52. The summed E-state index contributed by atoms with van der Waals surface area (Å²) in [4.78, 5) is 13.6. The van der Waals surface area contributed by atoms with Gasteiger partial charge in [0.05, 0.1) is 19.1 Å². The highest BCUT2D eigenvalue weighted by atomic mass is 32.2. The van der Waals surface area contributed by atoms with Crippen molar-refractivity contribution in [2.75, 3.05) is 12.4 Å². The second-order valence-corrected chi connectivity index (χ2v) is 7.79. The van der Waals surface area contributed by atoms with E-state index in [4.69, 9.17) is 9.15 Å². The normalized spacial score (nSPS) is 10.8. The van der Waals surface area contributed by atoms with Crippen LogP contribution < -0.4 is 10.1 Å². The zero-order valence-corrected chi connectivity index (χ0v) is 16.2. The molecule has 1 amide bonds. The van der Waals surface area contributed by atoms with Gasteiger partial charge >= 0.3 is 6.01 Å². The molecule has 140 valence electrons. The van der Waals surface area contributed by atoms with E-state index in [0.29, 0.717) is 28.9 Å². The monoisotopic (exact) mass is 383 g/mol. The number of nitrogens with one attached hydrogen (secondary N) is 1. The van der Waals surface area contributed by atoms with Crippen LogP contribution >= 0.6 is 11.8 Å². The van der Waals surface area contributed by atoms with Crippen molar-refractivity contribution in [3.8, 4) is 5.75 Å². The number of ether oxygens (including phenoxy) is 1. The third-order valence-corrected chi connectivity index (χ3v) is 4.71. The number of aromatic nitrogens is 2. The van der Waals surface area contributed by atoms with Crippen molar-refractivity contribution in [3.05, 3.63) is 65.5 Å². The number of nitrogens with zero attached hydrogens (tertiary/aromatic N) is 2. The van der Waals surface area contributed by atoms with Crippen LogP contribution in [0, 0.1) is 0 Å². The maximum absolute atomic E-state index is 12.4. The number of rotatable bonds is 7. The van der Waals surface area contributed by atoms with Gasteiger partial charge in [-0.15, -0.1) is 16.9 Å². The molecule has 0 aliphatic carbocycles. The number of thioether (sulfide) groups is 1. The lowest BCUT2D eigenvalue weighted by atomic mass is 10.1. The van der Waals surface area contributed by atoms with Gasteiger partial charge in [-0.05, 0) is 29.8 Å². The number of carbonyl (C=O) groups is 1. The minimum atomic E-state index is -0.363. The van der Waals surface area contributed by atoms with Crippen LogP contribution in [0.15, 0.2) is 57.8 Å². The van der Waals surface area contributed by atoms with Crippen molar-refractivity contribution in [3.63, 3.8) is 0 Å². The topological polar surface area (TPSA) is 77.2 Å². The molecule has 1 aromatic heterocycles. The lowest BCUT2D eigenvalue weighted by molar-refractivity contribution is 0.102. The molecule has 0 aliphatic heterocycles. The Morgan fingerprint density at radius 2 is 1.89 bits per heavy atom. The Bertz CT molecular complexity index is 907. The molecular weight excluding hydrogens is 362 g/mol. The van der Waals surface area contributed by atoms with E-state index >= 15 is 0 Å². The molecule has 0 saturated carbocycles. The molecule has 0 aliphatic rings. The molecule has 3 aromatic rings. The van der Waals surface area contributed by atoms with Gasteiger partial charge in [0.2, 0.25) is 5.89 Å². The average molecular weight is 383 g/mol. The van der Waals surface area contributed by atoms with Crippen LogP contribution in [0.3, 0.4) is 0 Å². The van der Waals surface area contributed by atoms with E-state index in [0.717, 1.165) is 5.56 Å². The van der Waals surface area contributed by atoms with Gasteiger partial charge in [0.25, 0.3) is 5.91 Å². The lowest BCUT2D eigenvalue weighted by Gasteiger charge is -2.06. The first-order valence-corrected chi connectivity index (χ1v) is 9.45. The third-order valence-electron chi connectivity index (χ3n) is 3.69. The van der Waals surface area contributed by atoms with Crippen LogP contribution in [0.4, 0.5) is 6.01 Å². The van der Waals surface area contributed by atoms with Gasteiger partial charge in [0, 0.05) is 10.1 Å². The molecule has 1 N–H and O–H groups in total. The first kappa shape index (κ1) is 19.0. The maximum atomic E-state index is 12.4. The number of amides is 1. The highest BCUT2D eigenvalue weighted by Gasteiger charge is 2.15. The highest BCUT2D eigenvalue weighted by molar-refractivity contribution is 7.99. The molecule has 3 rings (SSSR count). The van der Waals surface area contributed by atoms with Crippen LogP contribution in [-0.2, 0) is 6.42 Å². The molecule has 6 nitrogen and oxygen atoms in total. The number of hydrogen-bond donors (Lipinski definition) is 1. The van der Waals surface area contributed by atoms with E-state index < -0.39 is 0 Å². The predicted molar refractivity (Wildman–Crippen MR) is 105 cm³/mol. The first-order valence-electron chi connectivity index (χ1n) is 8.57. The highest BCUT2D eigenvalue weighted by Crippen LogP contribution is 2.24. The molecule has 0 bridgehead atoms. The van der Waals surface area contributed by atoms with Gasteiger partial charge in [-0.1, -0.05) is 43.2 Å². The van der Waals surface area contributed by atoms with Gasteiger partial charge in [-0.3, -0.25) is 10.1 Å². The van der Waals surface area contributed by atoms with Crippen molar-refractivity contribution in [1.29, 1.82) is 0 Å². The van der Waals surface area contributed by atoms with Crippen molar-refractivity contribution in [1.82, 2.24) is 10.2 Å².